The zero-order valence-electron chi connectivity index (χ0n) is 16.4. The molecule has 0 aromatic heterocycles. The lowest BCUT2D eigenvalue weighted by Crippen LogP contribution is -2.49. The minimum absolute atomic E-state index is 0.264. The summed E-state index contributed by atoms with van der Waals surface area (Å²) in [6, 6.07) is 16.0. The fourth-order valence-corrected chi connectivity index (χ4v) is 5.71. The van der Waals surface area contributed by atoms with Crippen molar-refractivity contribution < 1.29 is 14.3 Å². The summed E-state index contributed by atoms with van der Waals surface area (Å²) in [5, 5.41) is 0. The molecule has 148 valence electrons. The van der Waals surface area contributed by atoms with Crippen LogP contribution in [0.2, 0.25) is 0 Å². The van der Waals surface area contributed by atoms with E-state index in [4.69, 9.17) is 4.74 Å². The molecule has 1 saturated heterocycles. The number of allylic oxidation sites excluding steroid dienone is 1. The highest BCUT2D eigenvalue weighted by Gasteiger charge is 2.45. The van der Waals surface area contributed by atoms with Crippen LogP contribution in [0.15, 0.2) is 53.4 Å². The van der Waals surface area contributed by atoms with Crippen LogP contribution in [-0.2, 0) is 16.1 Å². The van der Waals surface area contributed by atoms with Gasteiger partial charge in [-0.05, 0) is 12.5 Å². The Balaban J connectivity index is 1.34. The third-order valence-electron chi connectivity index (χ3n) is 6.09. The lowest BCUT2D eigenvalue weighted by Gasteiger charge is -2.45. The van der Waals surface area contributed by atoms with E-state index >= 15 is 0 Å². The summed E-state index contributed by atoms with van der Waals surface area (Å²) in [4.78, 5) is 27.9. The van der Waals surface area contributed by atoms with Gasteiger partial charge in [0.15, 0.2) is 0 Å². The first kappa shape index (κ1) is 18.6. The highest BCUT2D eigenvalue weighted by atomic mass is 32.2. The minimum atomic E-state index is -0.421. The van der Waals surface area contributed by atoms with Crippen molar-refractivity contribution in [2.75, 3.05) is 18.8 Å². The van der Waals surface area contributed by atoms with Gasteiger partial charge in [0.1, 0.15) is 16.3 Å². The number of piperidine rings is 1. The number of thioether (sulfide) groups is 1. The molecule has 2 aromatic rings. The maximum absolute atomic E-state index is 12.6. The normalized spacial score (nSPS) is 21.0. The van der Waals surface area contributed by atoms with E-state index < -0.39 is 11.6 Å². The summed E-state index contributed by atoms with van der Waals surface area (Å²) >= 11 is 1.50. The summed E-state index contributed by atoms with van der Waals surface area (Å²) in [7, 11) is 0. The molecule has 0 saturated carbocycles. The van der Waals surface area contributed by atoms with Crippen LogP contribution in [0.5, 0.6) is 0 Å². The number of rotatable bonds is 2. The van der Waals surface area contributed by atoms with Crippen LogP contribution < -0.4 is 0 Å². The predicted molar refractivity (Wildman–Crippen MR) is 115 cm³/mol. The number of ether oxygens (including phenoxy) is 1. The van der Waals surface area contributed by atoms with Gasteiger partial charge < -0.3 is 4.74 Å². The fourth-order valence-electron chi connectivity index (χ4n) is 4.45. The molecular formula is C24H23NO3S. The summed E-state index contributed by atoms with van der Waals surface area (Å²) < 4.78 is 6.54. The molecule has 2 aliphatic heterocycles. The molecule has 4 nitrogen and oxygen atoms in total. The van der Waals surface area contributed by atoms with Gasteiger partial charge in [0.05, 0.1) is 0 Å². The minimum Gasteiger partial charge on any atom is -0.484 e. The Labute approximate surface area is 174 Å². The molecule has 5 rings (SSSR count). The van der Waals surface area contributed by atoms with Crippen LogP contribution in [0.1, 0.15) is 39.9 Å². The smallest absolute Gasteiger partial charge is 0.243 e. The van der Waals surface area contributed by atoms with Crippen molar-refractivity contribution in [2.45, 2.75) is 31.9 Å². The fraction of sp³-hybridized carbons (Fsp3) is 0.333. The number of hydrogen-bond acceptors (Lipinski definition) is 5. The van der Waals surface area contributed by atoms with Crippen molar-refractivity contribution in [2.24, 2.45) is 0 Å². The van der Waals surface area contributed by atoms with Gasteiger partial charge in [0.2, 0.25) is 11.6 Å². The Morgan fingerprint density at radius 3 is 2.52 bits per heavy atom. The molecule has 2 aromatic carbocycles. The van der Waals surface area contributed by atoms with Crippen LogP contribution in [0.3, 0.4) is 0 Å². The van der Waals surface area contributed by atoms with E-state index in [2.05, 4.69) is 36.1 Å². The molecule has 2 heterocycles. The van der Waals surface area contributed by atoms with Gasteiger partial charge in [-0.1, -0.05) is 54.1 Å². The number of nitrogens with zero attached hydrogens (tertiary/aromatic N) is 1. The number of Topliss-reactive ketones (excluding diaryl/α,β-unsaturated/α-hetero) is 2. The highest BCUT2D eigenvalue weighted by molar-refractivity contribution is 8.04. The number of aryl methyl sites for hydroxylation is 1. The van der Waals surface area contributed by atoms with E-state index in [9.17, 15) is 9.59 Å². The van der Waals surface area contributed by atoms with Gasteiger partial charge >= 0.3 is 0 Å². The Bertz CT molecular complexity index is 1030. The van der Waals surface area contributed by atoms with E-state index in [0.717, 1.165) is 43.8 Å². The summed E-state index contributed by atoms with van der Waals surface area (Å²) in [5.41, 5.74) is 3.60. The number of carbonyl (C=O) groups is 2. The molecule has 0 bridgehead atoms. The zero-order valence-corrected chi connectivity index (χ0v) is 17.3. The first-order valence-electron chi connectivity index (χ1n) is 10.1. The van der Waals surface area contributed by atoms with Crippen LogP contribution in [-0.4, -0.2) is 40.9 Å². The third-order valence-corrected chi connectivity index (χ3v) is 7.42. The average molecular weight is 406 g/mol. The average Bonchev–Trinajstić information content (AvgIpc) is 2.74. The Morgan fingerprint density at radius 1 is 1.00 bits per heavy atom. The largest absolute Gasteiger partial charge is 0.484 e. The van der Waals surface area contributed by atoms with Crippen LogP contribution >= 0.6 is 11.8 Å². The van der Waals surface area contributed by atoms with Gasteiger partial charge in [0.25, 0.3) is 0 Å². The van der Waals surface area contributed by atoms with Crippen molar-refractivity contribution in [1.29, 1.82) is 0 Å². The first-order chi connectivity index (χ1) is 14.0. The van der Waals surface area contributed by atoms with Crippen LogP contribution in [0, 0.1) is 6.92 Å². The molecule has 29 heavy (non-hydrogen) atoms. The second kappa shape index (κ2) is 7.15. The number of hydrogen-bond donors (Lipinski definition) is 0. The molecule has 5 heteroatoms. The van der Waals surface area contributed by atoms with Gasteiger partial charge in [-0.2, -0.15) is 0 Å². The molecule has 1 fully saturated rings. The van der Waals surface area contributed by atoms with E-state index in [-0.39, 0.29) is 5.60 Å². The quantitative estimate of drug-likeness (QED) is 0.700. The topological polar surface area (TPSA) is 46.6 Å². The zero-order chi connectivity index (χ0) is 20.0. The van der Waals surface area contributed by atoms with Gasteiger partial charge in [0, 0.05) is 49.4 Å². The molecule has 0 N–H and O–H groups in total. The van der Waals surface area contributed by atoms with Crippen molar-refractivity contribution in [3.8, 4) is 0 Å². The molecule has 0 unspecified atom stereocenters. The molecule has 3 aliphatic rings. The van der Waals surface area contributed by atoms with Crippen molar-refractivity contribution >= 4 is 29.1 Å². The molecular weight excluding hydrogens is 382 g/mol. The SMILES string of the molecule is Cc1cccc(CN2CCC3(CC2)CSC2=C(O3)c3ccccc3C(=O)C2=O)c1. The number of carbonyl (C=O) groups excluding carboxylic acids is 2. The Morgan fingerprint density at radius 2 is 1.76 bits per heavy atom. The van der Waals surface area contributed by atoms with E-state index in [0.29, 0.717) is 16.2 Å². The molecule has 1 spiro atoms. The lowest BCUT2D eigenvalue weighted by atomic mass is 9.90. The van der Waals surface area contributed by atoms with Crippen molar-refractivity contribution in [3.63, 3.8) is 0 Å². The Hall–Kier alpha value is -2.37. The number of ketones is 2. The second-order valence-electron chi connectivity index (χ2n) is 8.20. The molecule has 0 atom stereocenters. The van der Waals surface area contributed by atoms with Crippen LogP contribution in [0.25, 0.3) is 5.76 Å². The maximum Gasteiger partial charge on any atom is 0.243 e. The third kappa shape index (κ3) is 3.32. The molecule has 0 radical (unpaired) electrons. The van der Waals surface area contributed by atoms with Crippen molar-refractivity contribution in [3.05, 3.63) is 75.7 Å². The van der Waals surface area contributed by atoms with Gasteiger partial charge in [-0.25, -0.2) is 0 Å². The van der Waals surface area contributed by atoms with Crippen molar-refractivity contribution in [1.82, 2.24) is 4.90 Å². The number of likely N-dealkylation sites (tertiary alicyclic amines) is 1. The van der Waals surface area contributed by atoms with E-state index in [1.165, 1.54) is 22.9 Å². The molecule has 0 amide bonds. The lowest BCUT2D eigenvalue weighted by molar-refractivity contribution is -0.111. The predicted octanol–water partition coefficient (Wildman–Crippen LogP) is 4.23. The van der Waals surface area contributed by atoms with Crippen LogP contribution in [0.4, 0.5) is 0 Å². The second-order valence-corrected chi connectivity index (χ2v) is 9.19. The number of fused-ring (bicyclic) bond motifs is 2. The summed E-state index contributed by atoms with van der Waals surface area (Å²) in [5.74, 6) is 0.508. The standard InChI is InChI=1S/C24H23NO3S/c1-16-5-4-6-17(13-16)14-25-11-9-24(10-12-25)15-29-23-21(27)20(26)18-7-2-3-8-19(18)22(23)28-24/h2-8,13H,9-12,14-15H2,1H3. The Kier molecular flexibility index (Phi) is 4.60. The highest BCUT2D eigenvalue weighted by Crippen LogP contribution is 2.47. The first-order valence-corrected chi connectivity index (χ1v) is 11.1. The summed E-state index contributed by atoms with van der Waals surface area (Å²) in [6.45, 7) is 5.01. The van der Waals surface area contributed by atoms with E-state index in [1.807, 2.05) is 12.1 Å². The number of benzene rings is 2. The van der Waals surface area contributed by atoms with Gasteiger partial charge in [-0.15, -0.1) is 11.8 Å². The summed E-state index contributed by atoms with van der Waals surface area (Å²) in [6.07, 6.45) is 1.85. The molecule has 1 aliphatic carbocycles. The van der Waals surface area contributed by atoms with Gasteiger partial charge in [-0.3, -0.25) is 14.5 Å². The monoisotopic (exact) mass is 405 g/mol. The van der Waals surface area contributed by atoms with E-state index in [1.54, 1.807) is 12.1 Å². The maximum atomic E-state index is 12.6.